The Morgan fingerprint density at radius 3 is 2.83 bits per heavy atom. The second-order valence-corrected chi connectivity index (χ2v) is 3.80. The van der Waals surface area contributed by atoms with Gasteiger partial charge < -0.3 is 15.2 Å². The fourth-order valence-corrected chi connectivity index (χ4v) is 1.57. The highest BCUT2D eigenvalue weighted by Crippen LogP contribution is 2.28. The second kappa shape index (κ2) is 7.23. The molecule has 0 aliphatic carbocycles. The van der Waals surface area contributed by atoms with Crippen LogP contribution in [-0.4, -0.2) is 19.6 Å². The van der Waals surface area contributed by atoms with Crippen molar-refractivity contribution in [2.24, 2.45) is 5.73 Å². The number of primary amides is 1. The van der Waals surface area contributed by atoms with Gasteiger partial charge in [-0.2, -0.15) is 0 Å². The molecule has 1 aromatic rings. The van der Waals surface area contributed by atoms with Gasteiger partial charge >= 0.3 is 0 Å². The van der Waals surface area contributed by atoms with Gasteiger partial charge in [0.05, 0.1) is 7.11 Å². The molecule has 4 nitrogen and oxygen atoms in total. The summed E-state index contributed by atoms with van der Waals surface area (Å²) in [7, 11) is 1.57. The first kappa shape index (κ1) is 13.9. The molecule has 2 N–H and O–H groups in total. The molecule has 0 atom stereocenters. The zero-order chi connectivity index (χ0) is 13.4. The predicted molar refractivity (Wildman–Crippen MR) is 69.5 cm³/mol. The van der Waals surface area contributed by atoms with E-state index in [0.717, 1.165) is 18.4 Å². The Hall–Kier alpha value is -2.15. The summed E-state index contributed by atoms with van der Waals surface area (Å²) in [4.78, 5) is 10.6. The van der Waals surface area contributed by atoms with Crippen LogP contribution in [0.15, 0.2) is 18.2 Å². The van der Waals surface area contributed by atoms with Crippen molar-refractivity contribution in [2.75, 3.05) is 13.7 Å². The lowest BCUT2D eigenvalue weighted by Crippen LogP contribution is -2.10. The van der Waals surface area contributed by atoms with Gasteiger partial charge in [-0.1, -0.05) is 12.0 Å². The zero-order valence-electron chi connectivity index (χ0n) is 10.4. The maximum absolute atomic E-state index is 10.6. The van der Waals surface area contributed by atoms with Gasteiger partial charge in [0.15, 0.2) is 11.5 Å². The van der Waals surface area contributed by atoms with Crippen LogP contribution in [0.3, 0.4) is 0 Å². The molecule has 1 aromatic carbocycles. The van der Waals surface area contributed by atoms with Crippen molar-refractivity contribution in [3.8, 4) is 23.8 Å². The highest BCUT2D eigenvalue weighted by atomic mass is 16.5. The minimum Gasteiger partial charge on any atom is -0.493 e. The number of ether oxygens (including phenoxy) is 2. The largest absolute Gasteiger partial charge is 0.493 e. The normalized spacial score (nSPS) is 9.56. The van der Waals surface area contributed by atoms with Gasteiger partial charge in [0, 0.05) is 6.42 Å². The third-order valence-corrected chi connectivity index (χ3v) is 2.43. The van der Waals surface area contributed by atoms with Gasteiger partial charge in [-0.15, -0.1) is 6.42 Å². The Morgan fingerprint density at radius 1 is 1.44 bits per heavy atom. The minimum atomic E-state index is -0.282. The van der Waals surface area contributed by atoms with Crippen LogP contribution in [-0.2, 0) is 11.2 Å². The standard InChI is InChI=1S/C14H17NO3/c1-3-9-18-12-8-7-11(10-13(12)17-2)5-4-6-14(15)16/h1,7-8,10H,4-6,9H2,2H3,(H2,15,16). The number of benzene rings is 1. The number of carbonyl (C=O) groups is 1. The van der Waals surface area contributed by atoms with E-state index < -0.39 is 0 Å². The van der Waals surface area contributed by atoms with E-state index in [1.165, 1.54) is 0 Å². The van der Waals surface area contributed by atoms with Gasteiger partial charge in [-0.25, -0.2) is 0 Å². The predicted octanol–water partition coefficient (Wildman–Crippen LogP) is 1.52. The van der Waals surface area contributed by atoms with E-state index in [4.69, 9.17) is 21.6 Å². The van der Waals surface area contributed by atoms with Crippen molar-refractivity contribution in [3.63, 3.8) is 0 Å². The number of terminal acetylenes is 1. The third-order valence-electron chi connectivity index (χ3n) is 2.43. The Kier molecular flexibility index (Phi) is 5.59. The molecule has 0 unspecified atom stereocenters. The zero-order valence-corrected chi connectivity index (χ0v) is 10.4. The van der Waals surface area contributed by atoms with Crippen molar-refractivity contribution in [1.82, 2.24) is 0 Å². The molecule has 18 heavy (non-hydrogen) atoms. The Labute approximate surface area is 107 Å². The summed E-state index contributed by atoms with van der Waals surface area (Å²) in [5, 5.41) is 0. The summed E-state index contributed by atoms with van der Waals surface area (Å²) in [5.41, 5.74) is 6.16. The number of methoxy groups -OCH3 is 1. The van der Waals surface area contributed by atoms with Gasteiger partial charge in [-0.05, 0) is 30.5 Å². The monoisotopic (exact) mass is 247 g/mol. The van der Waals surface area contributed by atoms with E-state index in [-0.39, 0.29) is 12.5 Å². The van der Waals surface area contributed by atoms with E-state index >= 15 is 0 Å². The van der Waals surface area contributed by atoms with Crippen LogP contribution in [0.25, 0.3) is 0 Å². The summed E-state index contributed by atoms with van der Waals surface area (Å²) >= 11 is 0. The molecular weight excluding hydrogens is 230 g/mol. The number of nitrogens with two attached hydrogens (primary N) is 1. The molecule has 0 saturated carbocycles. The minimum absolute atomic E-state index is 0.206. The average molecular weight is 247 g/mol. The Balaban J connectivity index is 2.66. The van der Waals surface area contributed by atoms with Crippen LogP contribution in [0.1, 0.15) is 18.4 Å². The van der Waals surface area contributed by atoms with Crippen molar-refractivity contribution in [1.29, 1.82) is 0 Å². The van der Waals surface area contributed by atoms with Crippen LogP contribution in [0.5, 0.6) is 11.5 Å². The third kappa shape index (κ3) is 4.38. The van der Waals surface area contributed by atoms with Crippen LogP contribution in [0, 0.1) is 12.3 Å². The first-order valence-corrected chi connectivity index (χ1v) is 5.69. The maximum Gasteiger partial charge on any atom is 0.217 e. The summed E-state index contributed by atoms with van der Waals surface area (Å²) in [6.45, 7) is 0.206. The van der Waals surface area contributed by atoms with Crippen LogP contribution in [0.4, 0.5) is 0 Å². The topological polar surface area (TPSA) is 61.5 Å². The molecule has 96 valence electrons. The molecule has 1 amide bonds. The summed E-state index contributed by atoms with van der Waals surface area (Å²) in [6, 6.07) is 5.62. The fraction of sp³-hybridized carbons (Fsp3) is 0.357. The molecule has 0 bridgehead atoms. The SMILES string of the molecule is C#CCOc1ccc(CCCC(N)=O)cc1OC. The first-order valence-electron chi connectivity index (χ1n) is 5.69. The summed E-state index contributed by atoms with van der Waals surface area (Å²) in [5.74, 6) is 3.38. The van der Waals surface area contributed by atoms with Crippen LogP contribution >= 0.6 is 0 Å². The van der Waals surface area contributed by atoms with Gasteiger partial charge in [-0.3, -0.25) is 4.79 Å². The average Bonchev–Trinajstić information content (AvgIpc) is 2.36. The molecule has 0 aromatic heterocycles. The maximum atomic E-state index is 10.6. The van der Waals surface area contributed by atoms with Gasteiger partial charge in [0.2, 0.25) is 5.91 Å². The molecule has 0 saturated heterocycles. The number of amides is 1. The smallest absolute Gasteiger partial charge is 0.217 e. The molecule has 0 heterocycles. The lowest BCUT2D eigenvalue weighted by molar-refractivity contribution is -0.118. The lowest BCUT2D eigenvalue weighted by atomic mass is 10.1. The fourth-order valence-electron chi connectivity index (χ4n) is 1.57. The molecule has 0 aliphatic heterocycles. The lowest BCUT2D eigenvalue weighted by Gasteiger charge is -2.10. The van der Waals surface area contributed by atoms with E-state index in [0.29, 0.717) is 17.9 Å². The van der Waals surface area contributed by atoms with Crippen molar-refractivity contribution >= 4 is 5.91 Å². The van der Waals surface area contributed by atoms with E-state index in [1.54, 1.807) is 7.11 Å². The summed E-state index contributed by atoms with van der Waals surface area (Å²) in [6.07, 6.45) is 7.02. The van der Waals surface area contributed by atoms with Crippen molar-refractivity contribution in [3.05, 3.63) is 23.8 Å². The summed E-state index contributed by atoms with van der Waals surface area (Å²) < 4.78 is 10.6. The molecule has 1 rings (SSSR count). The first-order chi connectivity index (χ1) is 8.67. The Bertz CT molecular complexity index is 449. The van der Waals surface area contributed by atoms with Crippen LogP contribution in [0.2, 0.25) is 0 Å². The van der Waals surface area contributed by atoms with Gasteiger partial charge in [0.25, 0.3) is 0 Å². The molecule has 4 heteroatoms. The molecule has 0 aliphatic rings. The van der Waals surface area contributed by atoms with E-state index in [9.17, 15) is 4.79 Å². The quantitative estimate of drug-likeness (QED) is 0.743. The number of hydrogen-bond donors (Lipinski definition) is 1. The molecule has 0 radical (unpaired) electrons. The molecule has 0 spiro atoms. The van der Waals surface area contributed by atoms with Crippen molar-refractivity contribution in [2.45, 2.75) is 19.3 Å². The van der Waals surface area contributed by atoms with Crippen LogP contribution < -0.4 is 15.2 Å². The second-order valence-electron chi connectivity index (χ2n) is 3.80. The van der Waals surface area contributed by atoms with E-state index in [2.05, 4.69) is 5.92 Å². The highest BCUT2D eigenvalue weighted by Gasteiger charge is 2.05. The van der Waals surface area contributed by atoms with Gasteiger partial charge in [0.1, 0.15) is 6.61 Å². The Morgan fingerprint density at radius 2 is 2.22 bits per heavy atom. The number of hydrogen-bond acceptors (Lipinski definition) is 3. The van der Waals surface area contributed by atoms with E-state index in [1.807, 2.05) is 18.2 Å². The molecular formula is C14H17NO3. The molecule has 0 fully saturated rings. The number of carbonyl (C=O) groups excluding carboxylic acids is 1. The highest BCUT2D eigenvalue weighted by molar-refractivity contribution is 5.73. The number of aryl methyl sites for hydroxylation is 1. The van der Waals surface area contributed by atoms with Crippen molar-refractivity contribution < 1.29 is 14.3 Å². The number of rotatable bonds is 7.